The smallest absolute Gasteiger partial charge is 0.112 e. The van der Waals surface area contributed by atoms with Gasteiger partial charge in [-0.05, 0) is 40.0 Å². The molecule has 0 aliphatic rings. The minimum Gasteiger partial charge on any atom is -0.384 e. The zero-order chi connectivity index (χ0) is 11.5. The fourth-order valence-electron chi connectivity index (χ4n) is 1.66. The van der Waals surface area contributed by atoms with Gasteiger partial charge in [0.25, 0.3) is 0 Å². The minimum atomic E-state index is -0.635. The summed E-state index contributed by atoms with van der Waals surface area (Å²) in [6.07, 6.45) is 1.06. The molecular weight excluding hydrogens is 266 g/mol. The summed E-state index contributed by atoms with van der Waals surface area (Å²) in [5.74, 6) is 0. The lowest BCUT2D eigenvalue weighted by Gasteiger charge is -2.14. The number of hydrogen-bond donors (Lipinski definition) is 1. The lowest BCUT2D eigenvalue weighted by molar-refractivity contribution is 0.218. The van der Waals surface area contributed by atoms with E-state index in [1.54, 1.807) is 6.20 Å². The Morgan fingerprint density at radius 3 is 2.50 bits per heavy atom. The number of hydrogen-bond acceptors (Lipinski definition) is 2. The largest absolute Gasteiger partial charge is 0.384 e. The first-order valence-electron chi connectivity index (χ1n) is 5.04. The third-order valence-electron chi connectivity index (χ3n) is 2.57. The molecule has 1 atom stereocenters. The van der Waals surface area contributed by atoms with E-state index in [2.05, 4.69) is 20.9 Å². The molecule has 2 aromatic rings. The van der Waals surface area contributed by atoms with Crippen LogP contribution in [0.15, 0.2) is 47.2 Å². The summed E-state index contributed by atoms with van der Waals surface area (Å²) in [6, 6.07) is 11.5. The van der Waals surface area contributed by atoms with Gasteiger partial charge in [0, 0.05) is 11.8 Å². The number of rotatable bonds is 2. The van der Waals surface area contributed by atoms with Crippen molar-refractivity contribution in [3.63, 3.8) is 0 Å². The van der Waals surface area contributed by atoms with Gasteiger partial charge in [-0.15, -0.1) is 0 Å². The third kappa shape index (κ3) is 2.15. The number of aryl methyl sites for hydroxylation is 1. The Balaban J connectivity index is 2.44. The number of nitrogens with zero attached hydrogens (tertiary/aromatic N) is 1. The maximum Gasteiger partial charge on any atom is 0.112 e. The van der Waals surface area contributed by atoms with Crippen molar-refractivity contribution in [1.29, 1.82) is 0 Å². The Morgan fingerprint density at radius 2 is 1.81 bits per heavy atom. The Bertz CT molecular complexity index is 453. The lowest BCUT2D eigenvalue weighted by Crippen LogP contribution is -2.03. The molecule has 0 amide bonds. The van der Waals surface area contributed by atoms with E-state index in [0.29, 0.717) is 4.60 Å². The maximum absolute atomic E-state index is 10.3. The fraction of sp³-hybridized carbons (Fsp3) is 0.154. The lowest BCUT2D eigenvalue weighted by atomic mass is 9.99. The van der Waals surface area contributed by atoms with Crippen molar-refractivity contribution < 1.29 is 5.11 Å². The molecule has 0 unspecified atom stereocenters. The van der Waals surface area contributed by atoms with E-state index in [4.69, 9.17) is 0 Å². The van der Waals surface area contributed by atoms with Gasteiger partial charge in [0.05, 0.1) is 0 Å². The second-order valence-corrected chi connectivity index (χ2v) is 4.39. The zero-order valence-corrected chi connectivity index (χ0v) is 10.5. The van der Waals surface area contributed by atoms with Gasteiger partial charge in [0.2, 0.25) is 0 Å². The average Bonchev–Trinajstić information content (AvgIpc) is 2.29. The molecule has 2 rings (SSSR count). The van der Waals surface area contributed by atoms with E-state index < -0.39 is 6.10 Å². The van der Waals surface area contributed by atoms with Crippen LogP contribution in [0.5, 0.6) is 0 Å². The molecule has 0 fully saturated rings. The number of aliphatic hydroxyl groups is 1. The highest BCUT2D eigenvalue weighted by Gasteiger charge is 2.15. The average molecular weight is 278 g/mol. The van der Waals surface area contributed by atoms with Crippen molar-refractivity contribution in [3.05, 3.63) is 63.9 Å². The number of benzene rings is 1. The molecule has 0 radical (unpaired) electrons. The van der Waals surface area contributed by atoms with Gasteiger partial charge in [-0.3, -0.25) is 0 Å². The Hall–Kier alpha value is -1.19. The molecule has 16 heavy (non-hydrogen) atoms. The van der Waals surface area contributed by atoms with Gasteiger partial charge in [0.15, 0.2) is 0 Å². The zero-order valence-electron chi connectivity index (χ0n) is 8.89. The molecule has 1 aromatic heterocycles. The highest BCUT2D eigenvalue weighted by atomic mass is 79.9. The number of halogens is 1. The normalized spacial score (nSPS) is 12.4. The van der Waals surface area contributed by atoms with Gasteiger partial charge in [0.1, 0.15) is 10.7 Å². The third-order valence-corrected chi connectivity index (χ3v) is 3.23. The second-order valence-electron chi connectivity index (χ2n) is 3.64. The van der Waals surface area contributed by atoms with Gasteiger partial charge in [-0.1, -0.05) is 30.3 Å². The second kappa shape index (κ2) is 4.76. The Kier molecular flexibility index (Phi) is 3.36. The SMILES string of the molecule is Cc1ccccc1[C@H](O)c1cccnc1Br. The summed E-state index contributed by atoms with van der Waals surface area (Å²) >= 11 is 3.35. The molecule has 0 bridgehead atoms. The van der Waals surface area contributed by atoms with Crippen LogP contribution in [0.4, 0.5) is 0 Å². The van der Waals surface area contributed by atoms with Crippen LogP contribution in [0.2, 0.25) is 0 Å². The molecule has 0 spiro atoms. The van der Waals surface area contributed by atoms with Crippen molar-refractivity contribution >= 4 is 15.9 Å². The quantitative estimate of drug-likeness (QED) is 0.855. The topological polar surface area (TPSA) is 33.1 Å². The number of aromatic nitrogens is 1. The van der Waals surface area contributed by atoms with Crippen molar-refractivity contribution in [2.24, 2.45) is 0 Å². The van der Waals surface area contributed by atoms with Crippen LogP contribution in [0.1, 0.15) is 22.8 Å². The summed E-state index contributed by atoms with van der Waals surface area (Å²) < 4.78 is 0.686. The van der Waals surface area contributed by atoms with Crippen molar-refractivity contribution in [2.75, 3.05) is 0 Å². The molecule has 3 heteroatoms. The van der Waals surface area contributed by atoms with Crippen LogP contribution >= 0.6 is 15.9 Å². The predicted molar refractivity (Wildman–Crippen MR) is 67.2 cm³/mol. The molecule has 0 aliphatic heterocycles. The van der Waals surface area contributed by atoms with Crippen molar-refractivity contribution in [3.8, 4) is 0 Å². The van der Waals surface area contributed by atoms with Crippen LogP contribution in [0.3, 0.4) is 0 Å². The van der Waals surface area contributed by atoms with Crippen molar-refractivity contribution in [2.45, 2.75) is 13.0 Å². The van der Waals surface area contributed by atoms with Gasteiger partial charge >= 0.3 is 0 Å². The highest BCUT2D eigenvalue weighted by Crippen LogP contribution is 2.28. The van der Waals surface area contributed by atoms with Gasteiger partial charge in [-0.2, -0.15) is 0 Å². The summed E-state index contributed by atoms with van der Waals surface area (Å²) in [5, 5.41) is 10.3. The fourth-order valence-corrected chi connectivity index (χ4v) is 2.13. The predicted octanol–water partition coefficient (Wildman–Crippen LogP) is 3.23. The van der Waals surface area contributed by atoms with Gasteiger partial charge in [-0.25, -0.2) is 4.98 Å². The molecule has 82 valence electrons. The standard InChI is InChI=1S/C13H12BrNO/c1-9-5-2-3-6-10(9)12(16)11-7-4-8-15-13(11)14/h2-8,12,16H,1H3/t12-/m0/s1. The Labute approximate surface area is 103 Å². The monoisotopic (exact) mass is 277 g/mol. The summed E-state index contributed by atoms with van der Waals surface area (Å²) in [7, 11) is 0. The van der Waals surface area contributed by atoms with E-state index >= 15 is 0 Å². The molecular formula is C13H12BrNO. The molecule has 2 nitrogen and oxygen atoms in total. The van der Waals surface area contributed by atoms with Crippen LogP contribution in [0.25, 0.3) is 0 Å². The molecule has 1 N–H and O–H groups in total. The first-order chi connectivity index (χ1) is 7.70. The molecule has 0 saturated carbocycles. The highest BCUT2D eigenvalue weighted by molar-refractivity contribution is 9.10. The molecule has 0 aliphatic carbocycles. The summed E-state index contributed by atoms with van der Waals surface area (Å²) in [4.78, 5) is 4.11. The van der Waals surface area contributed by atoms with Crippen LogP contribution in [0, 0.1) is 6.92 Å². The number of pyridine rings is 1. The van der Waals surface area contributed by atoms with Crippen LogP contribution < -0.4 is 0 Å². The molecule has 1 heterocycles. The Morgan fingerprint density at radius 1 is 1.12 bits per heavy atom. The van der Waals surface area contributed by atoms with E-state index in [1.807, 2.05) is 43.3 Å². The van der Waals surface area contributed by atoms with Crippen LogP contribution in [-0.2, 0) is 0 Å². The first-order valence-corrected chi connectivity index (χ1v) is 5.83. The number of aliphatic hydroxyl groups excluding tert-OH is 1. The first kappa shape index (κ1) is 11.3. The van der Waals surface area contributed by atoms with Crippen molar-refractivity contribution in [1.82, 2.24) is 4.98 Å². The van der Waals surface area contributed by atoms with Gasteiger partial charge < -0.3 is 5.11 Å². The van der Waals surface area contributed by atoms with Crippen LogP contribution in [-0.4, -0.2) is 10.1 Å². The molecule has 0 saturated heterocycles. The maximum atomic E-state index is 10.3. The van der Waals surface area contributed by atoms with E-state index in [0.717, 1.165) is 16.7 Å². The summed E-state index contributed by atoms with van der Waals surface area (Å²) in [6.45, 7) is 1.99. The van der Waals surface area contributed by atoms with E-state index in [1.165, 1.54) is 0 Å². The van der Waals surface area contributed by atoms with E-state index in [-0.39, 0.29) is 0 Å². The minimum absolute atomic E-state index is 0.635. The molecule has 1 aromatic carbocycles. The summed E-state index contributed by atoms with van der Waals surface area (Å²) in [5.41, 5.74) is 2.78. The van der Waals surface area contributed by atoms with E-state index in [9.17, 15) is 5.11 Å².